The van der Waals surface area contributed by atoms with E-state index in [0.717, 1.165) is 11.3 Å². The zero-order valence-electron chi connectivity index (χ0n) is 13.6. The Bertz CT molecular complexity index is 837. The minimum absolute atomic E-state index is 0.344. The first-order valence-electron chi connectivity index (χ1n) is 7.73. The largest absolute Gasteiger partial charge is 0.336 e. The number of aromatic nitrogens is 3. The van der Waals surface area contributed by atoms with Gasteiger partial charge in [0.15, 0.2) is 5.82 Å². The van der Waals surface area contributed by atoms with E-state index in [0.29, 0.717) is 24.0 Å². The number of nitrogens with zero attached hydrogens (tertiary/aromatic N) is 4. The average Bonchev–Trinajstić information content (AvgIpc) is 2.58. The molecule has 3 rings (SSSR count). The molecule has 1 heterocycles. The predicted molar refractivity (Wildman–Crippen MR) is 93.4 cm³/mol. The third-order valence-corrected chi connectivity index (χ3v) is 3.56. The first kappa shape index (κ1) is 15.9. The fourth-order valence-corrected chi connectivity index (χ4v) is 2.40. The molecule has 0 fully saturated rings. The molecule has 0 aliphatic heterocycles. The van der Waals surface area contributed by atoms with Gasteiger partial charge >= 0.3 is 0 Å². The minimum atomic E-state index is -0.344. The molecule has 0 unspecified atom stereocenters. The highest BCUT2D eigenvalue weighted by molar-refractivity contribution is 5.61. The molecular weight excluding hydrogens is 305 g/mol. The van der Waals surface area contributed by atoms with Crippen molar-refractivity contribution in [1.29, 1.82) is 0 Å². The molecule has 0 atom stereocenters. The summed E-state index contributed by atoms with van der Waals surface area (Å²) < 4.78 is 13.8. The highest BCUT2D eigenvalue weighted by Gasteiger charge is 2.12. The van der Waals surface area contributed by atoms with Crippen molar-refractivity contribution >= 4 is 23.1 Å². The topological polar surface area (TPSA) is 53.9 Å². The van der Waals surface area contributed by atoms with Gasteiger partial charge in [0.2, 0.25) is 0 Å². The van der Waals surface area contributed by atoms with Crippen molar-refractivity contribution in [3.63, 3.8) is 0 Å². The molecule has 0 spiro atoms. The quantitative estimate of drug-likeness (QED) is 0.762. The summed E-state index contributed by atoms with van der Waals surface area (Å²) in [6.07, 6.45) is 1.47. The van der Waals surface area contributed by atoms with Crippen LogP contribution in [0.3, 0.4) is 0 Å². The van der Waals surface area contributed by atoms with Crippen molar-refractivity contribution in [2.45, 2.75) is 13.8 Å². The first-order valence-corrected chi connectivity index (χ1v) is 7.73. The van der Waals surface area contributed by atoms with Gasteiger partial charge in [0.05, 0.1) is 11.9 Å². The van der Waals surface area contributed by atoms with Crippen LogP contribution in [0.15, 0.2) is 54.7 Å². The smallest absolute Gasteiger partial charge is 0.251 e. The third-order valence-electron chi connectivity index (χ3n) is 3.56. The van der Waals surface area contributed by atoms with Crippen LogP contribution < -0.4 is 10.2 Å². The van der Waals surface area contributed by atoms with Crippen LogP contribution in [0.2, 0.25) is 0 Å². The van der Waals surface area contributed by atoms with Crippen LogP contribution in [0.5, 0.6) is 0 Å². The normalized spacial score (nSPS) is 10.5. The van der Waals surface area contributed by atoms with E-state index in [1.807, 2.05) is 36.9 Å². The summed E-state index contributed by atoms with van der Waals surface area (Å²) in [6.45, 7) is 4.74. The Morgan fingerprint density at radius 3 is 2.71 bits per heavy atom. The Kier molecular flexibility index (Phi) is 4.65. The summed E-state index contributed by atoms with van der Waals surface area (Å²) in [5.41, 5.74) is 2.49. The van der Waals surface area contributed by atoms with Gasteiger partial charge in [-0.1, -0.05) is 24.3 Å². The van der Waals surface area contributed by atoms with Gasteiger partial charge in [-0.3, -0.25) is 0 Å². The molecule has 1 aromatic heterocycles. The van der Waals surface area contributed by atoms with Crippen molar-refractivity contribution in [3.05, 3.63) is 66.1 Å². The molecule has 24 heavy (non-hydrogen) atoms. The fraction of sp³-hybridized carbons (Fsp3) is 0.167. The van der Waals surface area contributed by atoms with E-state index < -0.39 is 0 Å². The number of hydrogen-bond acceptors (Lipinski definition) is 5. The minimum Gasteiger partial charge on any atom is -0.336 e. The van der Waals surface area contributed by atoms with E-state index in [-0.39, 0.29) is 5.82 Å². The Hall–Kier alpha value is -3.02. The molecule has 0 aliphatic rings. The third kappa shape index (κ3) is 3.48. The highest BCUT2D eigenvalue weighted by atomic mass is 19.1. The van der Waals surface area contributed by atoms with Crippen LogP contribution >= 0.6 is 0 Å². The second-order valence-corrected chi connectivity index (χ2v) is 5.33. The Morgan fingerprint density at radius 2 is 1.96 bits per heavy atom. The molecule has 0 aliphatic carbocycles. The summed E-state index contributed by atoms with van der Waals surface area (Å²) in [5.74, 6) is 0.560. The number of benzene rings is 2. The summed E-state index contributed by atoms with van der Waals surface area (Å²) in [5, 5.41) is 11.0. The molecule has 2 aromatic carbocycles. The predicted octanol–water partition coefficient (Wildman–Crippen LogP) is 4.22. The second-order valence-electron chi connectivity index (χ2n) is 5.33. The van der Waals surface area contributed by atoms with Gasteiger partial charge in [-0.2, -0.15) is 10.1 Å². The zero-order valence-corrected chi connectivity index (χ0v) is 13.6. The monoisotopic (exact) mass is 323 g/mol. The van der Waals surface area contributed by atoms with E-state index in [4.69, 9.17) is 0 Å². The number of para-hydroxylation sites is 1. The molecule has 1 N–H and O–H groups in total. The maximum atomic E-state index is 13.8. The molecule has 0 bridgehead atoms. The van der Waals surface area contributed by atoms with Crippen molar-refractivity contribution in [1.82, 2.24) is 15.2 Å². The van der Waals surface area contributed by atoms with Gasteiger partial charge in [0.1, 0.15) is 5.82 Å². The van der Waals surface area contributed by atoms with Crippen LogP contribution in [0.1, 0.15) is 12.5 Å². The fourth-order valence-electron chi connectivity index (χ4n) is 2.40. The molecular formula is C18H18FN5. The van der Waals surface area contributed by atoms with Gasteiger partial charge in [-0.25, -0.2) is 4.39 Å². The summed E-state index contributed by atoms with van der Waals surface area (Å²) in [4.78, 5) is 6.41. The molecule has 0 radical (unpaired) electrons. The number of aryl methyl sites for hydroxylation is 1. The number of anilines is 4. The van der Waals surface area contributed by atoms with Gasteiger partial charge in [0.25, 0.3) is 5.95 Å². The maximum absolute atomic E-state index is 13.8. The first-order chi connectivity index (χ1) is 11.7. The molecule has 6 heteroatoms. The van der Waals surface area contributed by atoms with E-state index in [2.05, 4.69) is 26.6 Å². The van der Waals surface area contributed by atoms with E-state index in [1.54, 1.807) is 18.2 Å². The van der Waals surface area contributed by atoms with Crippen LogP contribution in [0.4, 0.5) is 27.5 Å². The van der Waals surface area contributed by atoms with Crippen LogP contribution in [0, 0.1) is 12.7 Å². The number of halogens is 1. The lowest BCUT2D eigenvalue weighted by atomic mass is 10.2. The molecule has 0 saturated heterocycles. The van der Waals surface area contributed by atoms with E-state index >= 15 is 0 Å². The van der Waals surface area contributed by atoms with Gasteiger partial charge in [0, 0.05) is 12.2 Å². The SMILES string of the molecule is CCN(c1cccc(C)c1)c1nncc(Nc2ccccc2F)n1. The number of rotatable bonds is 5. The Balaban J connectivity index is 1.90. The standard InChI is InChI=1S/C18H18FN5/c1-3-24(14-8-6-7-13(2)11-14)18-22-17(12-20-23-18)21-16-10-5-4-9-15(16)19/h4-12H,3H2,1-2H3,(H,21,22,23). The molecule has 3 aromatic rings. The van der Waals surface area contributed by atoms with Crippen LogP contribution in [-0.2, 0) is 0 Å². The summed E-state index contributed by atoms with van der Waals surface area (Å²) in [7, 11) is 0. The average molecular weight is 323 g/mol. The Morgan fingerprint density at radius 1 is 1.12 bits per heavy atom. The van der Waals surface area contributed by atoms with Crippen molar-refractivity contribution in [3.8, 4) is 0 Å². The highest BCUT2D eigenvalue weighted by Crippen LogP contribution is 2.24. The zero-order chi connectivity index (χ0) is 16.9. The molecule has 122 valence electrons. The lowest BCUT2D eigenvalue weighted by molar-refractivity contribution is 0.631. The summed E-state index contributed by atoms with van der Waals surface area (Å²) >= 11 is 0. The lowest BCUT2D eigenvalue weighted by Gasteiger charge is -2.21. The number of nitrogens with one attached hydrogen (secondary N) is 1. The van der Waals surface area contributed by atoms with E-state index in [9.17, 15) is 4.39 Å². The van der Waals surface area contributed by atoms with E-state index in [1.165, 1.54) is 12.3 Å². The van der Waals surface area contributed by atoms with Gasteiger partial charge in [-0.05, 0) is 43.7 Å². The molecule has 0 saturated carbocycles. The lowest BCUT2D eigenvalue weighted by Crippen LogP contribution is -2.19. The van der Waals surface area contributed by atoms with Crippen LogP contribution in [-0.4, -0.2) is 21.7 Å². The second kappa shape index (κ2) is 7.04. The molecule has 0 amide bonds. The maximum Gasteiger partial charge on any atom is 0.251 e. The van der Waals surface area contributed by atoms with Crippen molar-refractivity contribution in [2.24, 2.45) is 0 Å². The van der Waals surface area contributed by atoms with Crippen molar-refractivity contribution in [2.75, 3.05) is 16.8 Å². The van der Waals surface area contributed by atoms with Crippen LogP contribution in [0.25, 0.3) is 0 Å². The van der Waals surface area contributed by atoms with Gasteiger partial charge in [-0.15, -0.1) is 5.10 Å². The Labute approximate surface area is 140 Å². The van der Waals surface area contributed by atoms with Crippen molar-refractivity contribution < 1.29 is 4.39 Å². The molecule has 5 nitrogen and oxygen atoms in total. The van der Waals surface area contributed by atoms with Gasteiger partial charge < -0.3 is 10.2 Å². The number of hydrogen-bond donors (Lipinski definition) is 1. The summed E-state index contributed by atoms with van der Waals surface area (Å²) in [6, 6.07) is 14.5.